The summed E-state index contributed by atoms with van der Waals surface area (Å²) in [7, 11) is 3.09. The van der Waals surface area contributed by atoms with Gasteiger partial charge >= 0.3 is 6.01 Å². The molecule has 2 aromatic heterocycles. The zero-order chi connectivity index (χ0) is 19.4. The van der Waals surface area contributed by atoms with Crippen LogP contribution in [0.25, 0.3) is 17.5 Å². The summed E-state index contributed by atoms with van der Waals surface area (Å²) in [6, 6.07) is 6.85. The van der Waals surface area contributed by atoms with Crippen molar-refractivity contribution in [3.05, 3.63) is 44.6 Å². The Balaban J connectivity index is 1.68. The van der Waals surface area contributed by atoms with Crippen LogP contribution < -0.4 is 14.8 Å². The third-order valence-corrected chi connectivity index (χ3v) is 4.86. The van der Waals surface area contributed by atoms with Crippen molar-refractivity contribution >= 4 is 52.5 Å². The van der Waals surface area contributed by atoms with Crippen molar-refractivity contribution in [2.45, 2.75) is 0 Å². The molecule has 0 atom stereocenters. The molecule has 1 amide bonds. The quantitative estimate of drug-likeness (QED) is 0.572. The Kier molecular flexibility index (Phi) is 6.00. The molecule has 0 unspecified atom stereocenters. The number of hydrogen-bond acceptors (Lipinski definition) is 7. The van der Waals surface area contributed by atoms with E-state index in [2.05, 4.69) is 15.5 Å². The molecular formula is C17H13Cl2N3O4S. The maximum absolute atomic E-state index is 12.1. The Hall–Kier alpha value is -2.55. The maximum atomic E-state index is 12.1. The SMILES string of the molecule is COc1ccc(/C=C/C(=O)Nc2nnc(-c3cc(Cl)sc3Cl)o2)cc1OC. The van der Waals surface area contributed by atoms with Crippen LogP contribution in [0.4, 0.5) is 6.01 Å². The van der Waals surface area contributed by atoms with Gasteiger partial charge in [0.25, 0.3) is 11.8 Å². The van der Waals surface area contributed by atoms with Gasteiger partial charge in [-0.25, -0.2) is 0 Å². The average Bonchev–Trinajstić information content (AvgIpc) is 3.25. The van der Waals surface area contributed by atoms with Gasteiger partial charge in [0.05, 0.1) is 24.1 Å². The molecule has 3 rings (SSSR count). The third-order valence-electron chi connectivity index (χ3n) is 3.38. The molecule has 0 saturated heterocycles. The summed E-state index contributed by atoms with van der Waals surface area (Å²) in [4.78, 5) is 12.1. The number of carbonyl (C=O) groups excluding carboxylic acids is 1. The van der Waals surface area contributed by atoms with Gasteiger partial charge in [-0.2, -0.15) is 0 Å². The van der Waals surface area contributed by atoms with Crippen molar-refractivity contribution in [3.63, 3.8) is 0 Å². The predicted octanol–water partition coefficient (Wildman–Crippen LogP) is 4.77. The van der Waals surface area contributed by atoms with Crippen LogP contribution in [-0.4, -0.2) is 30.3 Å². The summed E-state index contributed by atoms with van der Waals surface area (Å²) in [6.45, 7) is 0. The number of benzene rings is 1. The molecule has 27 heavy (non-hydrogen) atoms. The largest absolute Gasteiger partial charge is 0.493 e. The van der Waals surface area contributed by atoms with Gasteiger partial charge < -0.3 is 13.9 Å². The van der Waals surface area contributed by atoms with E-state index >= 15 is 0 Å². The molecule has 140 valence electrons. The molecule has 3 aromatic rings. The van der Waals surface area contributed by atoms with Crippen molar-refractivity contribution < 1.29 is 18.7 Å². The van der Waals surface area contributed by atoms with E-state index < -0.39 is 5.91 Å². The number of nitrogens with one attached hydrogen (secondary N) is 1. The van der Waals surface area contributed by atoms with Crippen LogP contribution >= 0.6 is 34.5 Å². The minimum Gasteiger partial charge on any atom is -0.493 e. The molecule has 0 saturated carbocycles. The maximum Gasteiger partial charge on any atom is 0.322 e. The fraction of sp³-hybridized carbons (Fsp3) is 0.118. The normalized spacial score (nSPS) is 11.0. The number of halogens is 2. The van der Waals surface area contributed by atoms with Crippen LogP contribution in [0.15, 0.2) is 34.8 Å². The highest BCUT2D eigenvalue weighted by molar-refractivity contribution is 7.20. The monoisotopic (exact) mass is 425 g/mol. The van der Waals surface area contributed by atoms with Crippen molar-refractivity contribution in [3.8, 4) is 23.0 Å². The zero-order valence-corrected chi connectivity index (χ0v) is 16.5. The lowest BCUT2D eigenvalue weighted by molar-refractivity contribution is -0.112. The number of methoxy groups -OCH3 is 2. The van der Waals surface area contributed by atoms with E-state index in [1.165, 1.54) is 24.5 Å². The molecule has 1 N–H and O–H groups in total. The highest BCUT2D eigenvalue weighted by atomic mass is 35.5. The number of hydrogen-bond donors (Lipinski definition) is 1. The summed E-state index contributed by atoms with van der Waals surface area (Å²) < 4.78 is 16.7. The number of ether oxygens (including phenoxy) is 2. The Morgan fingerprint density at radius 1 is 1.19 bits per heavy atom. The van der Waals surface area contributed by atoms with Crippen LogP contribution in [0.1, 0.15) is 5.56 Å². The number of rotatable bonds is 6. The fourth-order valence-electron chi connectivity index (χ4n) is 2.14. The summed E-state index contributed by atoms with van der Waals surface area (Å²) >= 11 is 13.1. The summed E-state index contributed by atoms with van der Waals surface area (Å²) in [5.74, 6) is 0.898. The van der Waals surface area contributed by atoms with Gasteiger partial charge in [0.1, 0.15) is 4.34 Å². The Morgan fingerprint density at radius 3 is 2.63 bits per heavy atom. The van der Waals surface area contributed by atoms with E-state index in [4.69, 9.17) is 37.1 Å². The van der Waals surface area contributed by atoms with Gasteiger partial charge in [-0.05, 0) is 29.8 Å². The first kappa shape index (κ1) is 19.2. The second-order valence-corrected chi connectivity index (χ2v) is 7.37. The Bertz CT molecular complexity index is 1000. The molecule has 0 spiro atoms. The van der Waals surface area contributed by atoms with Gasteiger partial charge in [-0.15, -0.1) is 16.4 Å². The van der Waals surface area contributed by atoms with Crippen LogP contribution in [0.3, 0.4) is 0 Å². The topological polar surface area (TPSA) is 86.5 Å². The number of anilines is 1. The molecule has 0 fully saturated rings. The zero-order valence-electron chi connectivity index (χ0n) is 14.2. The van der Waals surface area contributed by atoms with E-state index in [1.807, 2.05) is 0 Å². The van der Waals surface area contributed by atoms with Gasteiger partial charge in [0.2, 0.25) is 0 Å². The standard InChI is InChI=1S/C17H13Cl2N3O4S/c1-24-11-5-3-9(7-12(11)25-2)4-6-14(23)20-17-22-21-16(26-17)10-8-13(18)27-15(10)19/h3-8H,1-2H3,(H,20,22,23)/b6-4+. The van der Waals surface area contributed by atoms with Crippen molar-refractivity contribution in [2.24, 2.45) is 0 Å². The van der Waals surface area contributed by atoms with Crippen LogP contribution in [-0.2, 0) is 4.79 Å². The molecule has 0 aliphatic heterocycles. The molecule has 0 aliphatic carbocycles. The summed E-state index contributed by atoms with van der Waals surface area (Å²) in [6.07, 6.45) is 2.95. The first-order chi connectivity index (χ1) is 13.0. The van der Waals surface area contributed by atoms with Gasteiger partial charge in [-0.3, -0.25) is 10.1 Å². The summed E-state index contributed by atoms with van der Waals surface area (Å²) in [5, 5.41) is 10.1. The second-order valence-electron chi connectivity index (χ2n) is 5.09. The van der Waals surface area contributed by atoms with Gasteiger partial charge in [0, 0.05) is 6.08 Å². The third kappa shape index (κ3) is 4.60. The number of carbonyl (C=O) groups is 1. The molecule has 10 heteroatoms. The Morgan fingerprint density at radius 2 is 1.96 bits per heavy atom. The number of nitrogens with zero attached hydrogens (tertiary/aromatic N) is 2. The van der Waals surface area contributed by atoms with E-state index in [0.29, 0.717) is 25.7 Å². The van der Waals surface area contributed by atoms with Gasteiger partial charge in [-0.1, -0.05) is 34.4 Å². The number of amides is 1. The van der Waals surface area contributed by atoms with Crippen LogP contribution in [0, 0.1) is 0 Å². The first-order valence-corrected chi connectivity index (χ1v) is 9.07. The highest BCUT2D eigenvalue weighted by Crippen LogP contribution is 2.37. The molecule has 0 bridgehead atoms. The Labute approximate surface area is 168 Å². The van der Waals surface area contributed by atoms with Crippen LogP contribution in [0.2, 0.25) is 8.67 Å². The fourth-order valence-corrected chi connectivity index (χ4v) is 3.59. The average molecular weight is 426 g/mol. The first-order valence-electron chi connectivity index (χ1n) is 7.50. The molecule has 2 heterocycles. The molecule has 1 aromatic carbocycles. The number of aromatic nitrogens is 2. The van der Waals surface area contributed by atoms with Crippen molar-refractivity contribution in [1.29, 1.82) is 0 Å². The van der Waals surface area contributed by atoms with E-state index in [9.17, 15) is 4.79 Å². The van der Waals surface area contributed by atoms with E-state index in [0.717, 1.165) is 5.56 Å². The molecule has 0 aliphatic rings. The summed E-state index contributed by atoms with van der Waals surface area (Å²) in [5.41, 5.74) is 1.27. The van der Waals surface area contributed by atoms with Crippen LogP contribution in [0.5, 0.6) is 11.5 Å². The van der Waals surface area contributed by atoms with Crippen molar-refractivity contribution in [2.75, 3.05) is 19.5 Å². The lowest BCUT2D eigenvalue weighted by Gasteiger charge is -2.07. The molecule has 7 nitrogen and oxygen atoms in total. The molecule has 0 radical (unpaired) electrons. The second kappa shape index (κ2) is 8.43. The van der Waals surface area contributed by atoms with E-state index in [1.54, 1.807) is 37.5 Å². The smallest absolute Gasteiger partial charge is 0.322 e. The highest BCUT2D eigenvalue weighted by Gasteiger charge is 2.16. The van der Waals surface area contributed by atoms with E-state index in [-0.39, 0.29) is 11.9 Å². The minimum absolute atomic E-state index is 0.0506. The van der Waals surface area contributed by atoms with Crippen molar-refractivity contribution in [1.82, 2.24) is 10.2 Å². The van der Waals surface area contributed by atoms with Gasteiger partial charge in [0.15, 0.2) is 11.5 Å². The lowest BCUT2D eigenvalue weighted by atomic mass is 10.2. The number of thiophene rings is 1. The lowest BCUT2D eigenvalue weighted by Crippen LogP contribution is -2.07. The molecular weight excluding hydrogens is 413 g/mol. The predicted molar refractivity (Wildman–Crippen MR) is 105 cm³/mol. The minimum atomic E-state index is -0.436.